The fourth-order valence-electron chi connectivity index (χ4n) is 1.31. The van der Waals surface area contributed by atoms with Crippen LogP contribution in [0.15, 0.2) is 28.9 Å². The molecule has 0 saturated heterocycles. The Balaban J connectivity index is 2.47. The SMILES string of the molecule is COC(=O)c1cccc(-c2occ(N)c2Cl)n1. The van der Waals surface area contributed by atoms with E-state index in [2.05, 4.69) is 9.72 Å². The van der Waals surface area contributed by atoms with Gasteiger partial charge in [0.15, 0.2) is 5.76 Å². The number of anilines is 1. The first kappa shape index (κ1) is 11.5. The molecule has 17 heavy (non-hydrogen) atoms. The summed E-state index contributed by atoms with van der Waals surface area (Å²) in [5.74, 6) is -0.197. The van der Waals surface area contributed by atoms with Crippen molar-refractivity contribution in [2.24, 2.45) is 0 Å². The number of nitrogens with two attached hydrogens (primary N) is 1. The predicted molar refractivity (Wildman–Crippen MR) is 62.7 cm³/mol. The monoisotopic (exact) mass is 252 g/mol. The lowest BCUT2D eigenvalue weighted by molar-refractivity contribution is 0.0594. The van der Waals surface area contributed by atoms with Crippen molar-refractivity contribution in [3.63, 3.8) is 0 Å². The third-order valence-electron chi connectivity index (χ3n) is 2.13. The number of rotatable bonds is 2. The number of halogens is 1. The van der Waals surface area contributed by atoms with Gasteiger partial charge in [-0.15, -0.1) is 0 Å². The van der Waals surface area contributed by atoms with Crippen LogP contribution < -0.4 is 5.73 Å². The summed E-state index contributed by atoms with van der Waals surface area (Å²) in [6.07, 6.45) is 1.32. The third-order valence-corrected chi connectivity index (χ3v) is 2.52. The van der Waals surface area contributed by atoms with Crippen LogP contribution in [0.4, 0.5) is 5.69 Å². The molecule has 0 aromatic carbocycles. The minimum Gasteiger partial charge on any atom is -0.464 e. The zero-order valence-electron chi connectivity index (χ0n) is 8.94. The van der Waals surface area contributed by atoms with E-state index in [0.29, 0.717) is 17.1 Å². The Morgan fingerprint density at radius 2 is 2.29 bits per heavy atom. The Labute approximate surface area is 102 Å². The number of nitrogen functional groups attached to an aromatic ring is 1. The molecule has 5 nitrogen and oxygen atoms in total. The summed E-state index contributed by atoms with van der Waals surface area (Å²) >= 11 is 5.93. The lowest BCUT2D eigenvalue weighted by Gasteiger charge is -2.01. The molecule has 88 valence electrons. The van der Waals surface area contributed by atoms with Gasteiger partial charge in [-0.3, -0.25) is 0 Å². The van der Waals surface area contributed by atoms with Crippen molar-refractivity contribution in [3.8, 4) is 11.5 Å². The van der Waals surface area contributed by atoms with Crippen LogP contribution in [-0.2, 0) is 4.74 Å². The van der Waals surface area contributed by atoms with E-state index in [9.17, 15) is 4.79 Å². The molecule has 0 unspecified atom stereocenters. The maximum Gasteiger partial charge on any atom is 0.356 e. The number of aromatic nitrogens is 1. The van der Waals surface area contributed by atoms with Crippen LogP contribution in [-0.4, -0.2) is 18.1 Å². The largest absolute Gasteiger partial charge is 0.464 e. The van der Waals surface area contributed by atoms with Gasteiger partial charge >= 0.3 is 5.97 Å². The van der Waals surface area contributed by atoms with Crippen LogP contribution in [0.25, 0.3) is 11.5 Å². The molecular weight excluding hydrogens is 244 g/mol. The first-order chi connectivity index (χ1) is 8.13. The molecule has 6 heteroatoms. The molecule has 2 aromatic rings. The number of hydrogen-bond acceptors (Lipinski definition) is 5. The van der Waals surface area contributed by atoms with E-state index in [4.69, 9.17) is 21.8 Å². The molecule has 0 aliphatic rings. The Hall–Kier alpha value is -2.01. The Morgan fingerprint density at radius 3 is 2.88 bits per heavy atom. The zero-order valence-corrected chi connectivity index (χ0v) is 9.69. The second kappa shape index (κ2) is 4.47. The molecule has 0 radical (unpaired) electrons. The smallest absolute Gasteiger partial charge is 0.356 e. The molecule has 0 bridgehead atoms. The number of carbonyl (C=O) groups is 1. The summed E-state index contributed by atoms with van der Waals surface area (Å²) < 4.78 is 9.75. The summed E-state index contributed by atoms with van der Waals surface area (Å²) in [5, 5.41) is 0.277. The van der Waals surface area contributed by atoms with Gasteiger partial charge in [0.05, 0.1) is 12.8 Å². The van der Waals surface area contributed by atoms with Gasteiger partial charge in [0, 0.05) is 0 Å². The minimum atomic E-state index is -0.525. The summed E-state index contributed by atoms with van der Waals surface area (Å²) in [4.78, 5) is 15.4. The van der Waals surface area contributed by atoms with Crippen LogP contribution >= 0.6 is 11.6 Å². The van der Waals surface area contributed by atoms with Crippen LogP contribution in [0.1, 0.15) is 10.5 Å². The molecule has 0 aliphatic carbocycles. The molecule has 2 heterocycles. The average Bonchev–Trinajstić information content (AvgIpc) is 2.69. The van der Waals surface area contributed by atoms with Crippen molar-refractivity contribution in [1.29, 1.82) is 0 Å². The first-order valence-electron chi connectivity index (χ1n) is 4.71. The van der Waals surface area contributed by atoms with E-state index < -0.39 is 5.97 Å². The van der Waals surface area contributed by atoms with Gasteiger partial charge in [0.2, 0.25) is 0 Å². The van der Waals surface area contributed by atoms with Gasteiger partial charge in [0.1, 0.15) is 22.7 Å². The van der Waals surface area contributed by atoms with Gasteiger partial charge in [-0.1, -0.05) is 17.7 Å². The van der Waals surface area contributed by atoms with Crippen LogP contribution in [0.3, 0.4) is 0 Å². The summed E-state index contributed by atoms with van der Waals surface area (Å²) in [6.45, 7) is 0. The highest BCUT2D eigenvalue weighted by molar-refractivity contribution is 6.35. The number of pyridine rings is 1. The average molecular weight is 253 g/mol. The highest BCUT2D eigenvalue weighted by atomic mass is 35.5. The highest BCUT2D eigenvalue weighted by Gasteiger charge is 2.15. The zero-order chi connectivity index (χ0) is 12.4. The van der Waals surface area contributed by atoms with Crippen LogP contribution in [0, 0.1) is 0 Å². The van der Waals surface area contributed by atoms with E-state index in [1.54, 1.807) is 12.1 Å². The van der Waals surface area contributed by atoms with Crippen molar-refractivity contribution >= 4 is 23.3 Å². The second-order valence-corrected chi connectivity index (χ2v) is 3.61. The summed E-state index contributed by atoms with van der Waals surface area (Å²) in [5.41, 5.74) is 6.49. The quantitative estimate of drug-likeness (QED) is 0.830. The maximum absolute atomic E-state index is 11.3. The lowest BCUT2D eigenvalue weighted by Crippen LogP contribution is -2.04. The van der Waals surface area contributed by atoms with E-state index >= 15 is 0 Å². The molecule has 0 saturated carbocycles. The molecule has 2 N–H and O–H groups in total. The van der Waals surface area contributed by atoms with Crippen LogP contribution in [0.5, 0.6) is 0 Å². The van der Waals surface area contributed by atoms with Crippen molar-refractivity contribution in [3.05, 3.63) is 35.2 Å². The lowest BCUT2D eigenvalue weighted by atomic mass is 10.2. The van der Waals surface area contributed by atoms with E-state index in [1.807, 2.05) is 0 Å². The number of hydrogen-bond donors (Lipinski definition) is 1. The molecule has 0 spiro atoms. The topological polar surface area (TPSA) is 78.3 Å². The standard InChI is InChI=1S/C11H9ClN2O3/c1-16-11(15)8-4-2-3-7(14-8)10-9(12)6(13)5-17-10/h2-5H,13H2,1H3. The molecule has 0 amide bonds. The summed E-state index contributed by atoms with van der Waals surface area (Å²) in [7, 11) is 1.29. The van der Waals surface area contributed by atoms with Gasteiger partial charge < -0.3 is 14.9 Å². The van der Waals surface area contributed by atoms with Crippen molar-refractivity contribution in [1.82, 2.24) is 4.98 Å². The van der Waals surface area contributed by atoms with Gasteiger partial charge in [-0.25, -0.2) is 9.78 Å². The second-order valence-electron chi connectivity index (χ2n) is 3.23. The fraction of sp³-hybridized carbons (Fsp3) is 0.0909. The minimum absolute atomic E-state index is 0.177. The predicted octanol–water partition coefficient (Wildman–Crippen LogP) is 2.36. The van der Waals surface area contributed by atoms with Crippen molar-refractivity contribution < 1.29 is 13.9 Å². The normalized spacial score (nSPS) is 10.2. The Kier molecular flexibility index (Phi) is 3.01. The van der Waals surface area contributed by atoms with Gasteiger partial charge in [-0.05, 0) is 12.1 Å². The Morgan fingerprint density at radius 1 is 1.53 bits per heavy atom. The number of carbonyl (C=O) groups excluding carboxylic acids is 1. The molecule has 2 rings (SSSR count). The molecule has 0 aliphatic heterocycles. The van der Waals surface area contributed by atoms with Crippen molar-refractivity contribution in [2.45, 2.75) is 0 Å². The fourth-order valence-corrected chi connectivity index (χ4v) is 1.50. The van der Waals surface area contributed by atoms with Gasteiger partial charge in [0.25, 0.3) is 0 Å². The van der Waals surface area contributed by atoms with E-state index in [1.165, 1.54) is 19.4 Å². The number of nitrogens with zero attached hydrogens (tertiary/aromatic N) is 1. The molecular formula is C11H9ClN2O3. The number of esters is 1. The number of furan rings is 1. The van der Waals surface area contributed by atoms with Crippen LogP contribution in [0.2, 0.25) is 5.02 Å². The highest BCUT2D eigenvalue weighted by Crippen LogP contribution is 2.32. The van der Waals surface area contributed by atoms with E-state index in [-0.39, 0.29) is 10.7 Å². The number of ether oxygens (including phenoxy) is 1. The maximum atomic E-state index is 11.3. The molecule has 2 aromatic heterocycles. The Bertz CT molecular complexity index is 566. The molecule has 0 atom stereocenters. The van der Waals surface area contributed by atoms with E-state index in [0.717, 1.165) is 0 Å². The van der Waals surface area contributed by atoms with Crippen molar-refractivity contribution in [2.75, 3.05) is 12.8 Å². The third kappa shape index (κ3) is 2.09. The first-order valence-corrected chi connectivity index (χ1v) is 5.09. The molecule has 0 fully saturated rings. The number of methoxy groups -OCH3 is 1. The summed E-state index contributed by atoms with van der Waals surface area (Å²) in [6, 6.07) is 4.86. The van der Waals surface area contributed by atoms with Gasteiger partial charge in [-0.2, -0.15) is 0 Å².